The topological polar surface area (TPSA) is 87.6 Å². The highest BCUT2D eigenvalue weighted by Crippen LogP contribution is 2.00. The van der Waals surface area contributed by atoms with Gasteiger partial charge in [0.1, 0.15) is 0 Å². The van der Waals surface area contributed by atoms with Crippen molar-refractivity contribution in [3.63, 3.8) is 0 Å². The number of nitrogens with zero attached hydrogens (tertiary/aromatic N) is 3. The average molecular weight is 268 g/mol. The molecule has 0 radical (unpaired) electrons. The minimum Gasteiger partial charge on any atom is -0.391 e. The number of aromatic nitrogens is 2. The largest absolute Gasteiger partial charge is 0.391 e. The number of ether oxygens (including phenoxy) is 1. The summed E-state index contributed by atoms with van der Waals surface area (Å²) in [6.45, 7) is 0.852. The number of aliphatic hydroxyl groups is 1. The molecule has 1 rings (SSSR count). The first kappa shape index (κ1) is 15.3. The fourth-order valence-corrected chi connectivity index (χ4v) is 1.48. The van der Waals surface area contributed by atoms with Crippen LogP contribution in [-0.4, -0.2) is 60.9 Å². The van der Waals surface area contributed by atoms with E-state index in [-0.39, 0.29) is 19.1 Å². The molecule has 2 N–H and O–H groups in total. The van der Waals surface area contributed by atoms with E-state index in [4.69, 9.17) is 4.74 Å². The second-order valence-corrected chi connectivity index (χ2v) is 4.15. The highest BCUT2D eigenvalue weighted by Gasteiger charge is 2.09. The van der Waals surface area contributed by atoms with Crippen molar-refractivity contribution >= 4 is 11.9 Å². The lowest BCUT2D eigenvalue weighted by Crippen LogP contribution is -2.37. The molecule has 7 nitrogen and oxygen atoms in total. The minimum atomic E-state index is -0.555. The summed E-state index contributed by atoms with van der Waals surface area (Å²) in [5.41, 5.74) is 0. The van der Waals surface area contributed by atoms with E-state index in [0.717, 1.165) is 0 Å². The second-order valence-electron chi connectivity index (χ2n) is 4.15. The Morgan fingerprint density at radius 2 is 2.21 bits per heavy atom. The van der Waals surface area contributed by atoms with Gasteiger partial charge in [0, 0.05) is 33.1 Å². The monoisotopic (exact) mass is 268 g/mol. The van der Waals surface area contributed by atoms with Crippen molar-refractivity contribution in [2.24, 2.45) is 0 Å². The lowest BCUT2D eigenvalue weighted by atomic mass is 10.2. The molecule has 7 heteroatoms. The molecule has 0 fully saturated rings. The van der Waals surface area contributed by atoms with Gasteiger partial charge < -0.3 is 20.1 Å². The number of hydrogen-bond donors (Lipinski definition) is 2. The number of anilines is 1. The van der Waals surface area contributed by atoms with Gasteiger partial charge in [-0.05, 0) is 12.5 Å². The fraction of sp³-hybridized carbons (Fsp3) is 0.583. The van der Waals surface area contributed by atoms with Gasteiger partial charge in [-0.15, -0.1) is 0 Å². The highest BCUT2D eigenvalue weighted by atomic mass is 16.5. The lowest BCUT2D eigenvalue weighted by Gasteiger charge is -2.16. The van der Waals surface area contributed by atoms with Crippen LogP contribution in [0, 0.1) is 0 Å². The number of likely N-dealkylation sites (N-methyl/N-ethyl adjacent to an activating group) is 1. The van der Waals surface area contributed by atoms with Gasteiger partial charge in [0.2, 0.25) is 11.9 Å². The molecule has 19 heavy (non-hydrogen) atoms. The third-order valence-electron chi connectivity index (χ3n) is 2.43. The smallest absolute Gasteiger partial charge is 0.239 e. The molecule has 1 atom stereocenters. The molecule has 0 aliphatic carbocycles. The van der Waals surface area contributed by atoms with Crippen LogP contribution in [0.2, 0.25) is 0 Å². The zero-order chi connectivity index (χ0) is 14.1. The van der Waals surface area contributed by atoms with Crippen molar-refractivity contribution in [1.29, 1.82) is 0 Å². The Balaban J connectivity index is 2.24. The van der Waals surface area contributed by atoms with E-state index in [1.54, 1.807) is 30.4 Å². The maximum Gasteiger partial charge on any atom is 0.239 e. The Morgan fingerprint density at radius 1 is 1.53 bits per heavy atom. The number of aliphatic hydroxyl groups excluding tert-OH is 1. The Morgan fingerprint density at radius 3 is 2.84 bits per heavy atom. The van der Waals surface area contributed by atoms with Crippen LogP contribution in [0.1, 0.15) is 6.42 Å². The first-order valence-corrected chi connectivity index (χ1v) is 6.05. The molecule has 1 aromatic rings. The number of amides is 1. The number of carbonyl (C=O) groups excluding carboxylic acids is 1. The van der Waals surface area contributed by atoms with Crippen LogP contribution < -0.4 is 10.2 Å². The van der Waals surface area contributed by atoms with Crippen molar-refractivity contribution < 1.29 is 14.6 Å². The number of hydrogen-bond acceptors (Lipinski definition) is 6. The third-order valence-corrected chi connectivity index (χ3v) is 2.43. The number of nitrogens with one attached hydrogen (secondary N) is 1. The van der Waals surface area contributed by atoms with E-state index in [1.165, 1.54) is 7.11 Å². The van der Waals surface area contributed by atoms with Gasteiger partial charge in [0.05, 0.1) is 19.3 Å². The van der Waals surface area contributed by atoms with Crippen LogP contribution in [0.3, 0.4) is 0 Å². The Bertz CT molecular complexity index is 374. The maximum absolute atomic E-state index is 11.6. The zero-order valence-electron chi connectivity index (χ0n) is 11.2. The first-order valence-electron chi connectivity index (χ1n) is 6.05. The SMILES string of the molecule is COCC(O)CCNC(=O)CN(C)c1ncccn1. The summed E-state index contributed by atoms with van der Waals surface area (Å²) in [5, 5.41) is 12.1. The van der Waals surface area contributed by atoms with Crippen molar-refractivity contribution in [3.05, 3.63) is 18.5 Å². The summed E-state index contributed by atoms with van der Waals surface area (Å²) in [6.07, 6.45) is 3.15. The van der Waals surface area contributed by atoms with Crippen molar-refractivity contribution in [1.82, 2.24) is 15.3 Å². The van der Waals surface area contributed by atoms with Crippen LogP contribution in [0.25, 0.3) is 0 Å². The van der Waals surface area contributed by atoms with Gasteiger partial charge in [-0.25, -0.2) is 9.97 Å². The van der Waals surface area contributed by atoms with Crippen molar-refractivity contribution in [3.8, 4) is 0 Å². The quantitative estimate of drug-likeness (QED) is 0.656. The molecule has 0 aliphatic rings. The molecule has 1 aromatic heterocycles. The number of carbonyl (C=O) groups is 1. The van der Waals surface area contributed by atoms with Crippen molar-refractivity contribution in [2.45, 2.75) is 12.5 Å². The predicted octanol–water partition coefficient (Wildman–Crippen LogP) is -0.574. The molecule has 0 bridgehead atoms. The van der Waals surface area contributed by atoms with E-state index in [2.05, 4.69) is 15.3 Å². The third kappa shape index (κ3) is 6.12. The Labute approximate surface area is 112 Å². The van der Waals surface area contributed by atoms with Crippen LogP contribution in [0.5, 0.6) is 0 Å². The van der Waals surface area contributed by atoms with Gasteiger partial charge >= 0.3 is 0 Å². The van der Waals surface area contributed by atoms with Gasteiger partial charge in [0.25, 0.3) is 0 Å². The summed E-state index contributed by atoms with van der Waals surface area (Å²) in [4.78, 5) is 21.4. The minimum absolute atomic E-state index is 0.139. The van der Waals surface area contributed by atoms with Gasteiger partial charge in [0.15, 0.2) is 0 Å². The molecule has 0 saturated carbocycles. The molecular formula is C12H20N4O3. The molecule has 0 aliphatic heterocycles. The van der Waals surface area contributed by atoms with Gasteiger partial charge in [-0.1, -0.05) is 0 Å². The number of rotatable bonds is 8. The molecule has 1 unspecified atom stereocenters. The standard InChI is InChI=1S/C12H20N4O3/c1-16(12-14-5-3-6-15-12)8-11(18)13-7-4-10(17)9-19-2/h3,5-6,10,17H,4,7-9H2,1-2H3,(H,13,18). The summed E-state index contributed by atoms with van der Waals surface area (Å²) in [5.74, 6) is 0.358. The van der Waals surface area contributed by atoms with E-state index >= 15 is 0 Å². The highest BCUT2D eigenvalue weighted by molar-refractivity contribution is 5.80. The van der Waals surface area contributed by atoms with Gasteiger partial charge in [-0.3, -0.25) is 4.79 Å². The van der Waals surface area contributed by atoms with Gasteiger partial charge in [-0.2, -0.15) is 0 Å². The molecule has 0 spiro atoms. The maximum atomic E-state index is 11.6. The summed E-state index contributed by atoms with van der Waals surface area (Å²) >= 11 is 0. The summed E-state index contributed by atoms with van der Waals surface area (Å²) < 4.78 is 4.80. The molecule has 0 saturated heterocycles. The van der Waals surface area contributed by atoms with E-state index in [0.29, 0.717) is 18.9 Å². The van der Waals surface area contributed by atoms with E-state index < -0.39 is 6.10 Å². The van der Waals surface area contributed by atoms with Crippen LogP contribution in [-0.2, 0) is 9.53 Å². The zero-order valence-corrected chi connectivity index (χ0v) is 11.2. The molecule has 106 valence electrons. The first-order chi connectivity index (χ1) is 9.13. The van der Waals surface area contributed by atoms with E-state index in [9.17, 15) is 9.90 Å². The molecular weight excluding hydrogens is 248 g/mol. The summed E-state index contributed by atoms with van der Waals surface area (Å²) in [6, 6.07) is 1.72. The van der Waals surface area contributed by atoms with Crippen LogP contribution in [0.4, 0.5) is 5.95 Å². The van der Waals surface area contributed by atoms with Crippen molar-refractivity contribution in [2.75, 3.05) is 38.8 Å². The molecule has 1 amide bonds. The molecule has 1 heterocycles. The normalized spacial score (nSPS) is 11.9. The average Bonchev–Trinajstić information content (AvgIpc) is 2.40. The summed E-state index contributed by atoms with van der Waals surface area (Å²) in [7, 11) is 3.27. The molecule has 0 aromatic carbocycles. The fourth-order valence-electron chi connectivity index (χ4n) is 1.48. The number of methoxy groups -OCH3 is 1. The Kier molecular flexibility index (Phi) is 6.76. The second kappa shape index (κ2) is 8.39. The van der Waals surface area contributed by atoms with Crippen LogP contribution in [0.15, 0.2) is 18.5 Å². The lowest BCUT2D eigenvalue weighted by molar-refractivity contribution is -0.119. The van der Waals surface area contributed by atoms with E-state index in [1.807, 2.05) is 0 Å². The predicted molar refractivity (Wildman–Crippen MR) is 70.8 cm³/mol. The Hall–Kier alpha value is -1.73. The van der Waals surface area contributed by atoms with Crippen LogP contribution >= 0.6 is 0 Å².